The highest BCUT2D eigenvalue weighted by atomic mass is 32.2. The molecular formula is C27H32N2O5S. The number of carboxylic acids is 1. The second-order valence-corrected chi connectivity index (χ2v) is 11.7. The SMILES string of the molecule is CC1SCC(C(=O)O)N1C(=O)C(CC(C)(C)C)NC(=O)OCC1c2ccccc2-c2ccccc21. The van der Waals surface area contributed by atoms with E-state index in [1.54, 1.807) is 0 Å². The summed E-state index contributed by atoms with van der Waals surface area (Å²) in [6, 6.07) is 14.4. The Kier molecular flexibility index (Phi) is 7.12. The number of ether oxygens (including phenoxy) is 1. The van der Waals surface area contributed by atoms with Gasteiger partial charge in [-0.3, -0.25) is 4.79 Å². The van der Waals surface area contributed by atoms with Crippen LogP contribution < -0.4 is 5.32 Å². The molecule has 7 nitrogen and oxygen atoms in total. The Hall–Kier alpha value is -3.00. The molecule has 0 radical (unpaired) electrons. The molecule has 8 heteroatoms. The van der Waals surface area contributed by atoms with Crippen molar-refractivity contribution in [2.45, 2.75) is 57.5 Å². The zero-order chi connectivity index (χ0) is 25.3. The number of alkyl carbamates (subject to hydrolysis) is 1. The Bertz CT molecular complexity index is 1080. The Balaban J connectivity index is 1.48. The van der Waals surface area contributed by atoms with Gasteiger partial charge >= 0.3 is 12.1 Å². The molecule has 1 heterocycles. The summed E-state index contributed by atoms with van der Waals surface area (Å²) in [5.41, 5.74) is 4.22. The smallest absolute Gasteiger partial charge is 0.407 e. The van der Waals surface area contributed by atoms with Crippen molar-refractivity contribution in [3.8, 4) is 11.1 Å². The van der Waals surface area contributed by atoms with E-state index in [4.69, 9.17) is 4.74 Å². The number of carbonyl (C=O) groups is 3. The maximum atomic E-state index is 13.5. The molecular weight excluding hydrogens is 464 g/mol. The molecule has 1 saturated heterocycles. The number of nitrogens with zero attached hydrogens (tertiary/aromatic N) is 1. The standard InChI is InChI=1S/C27H32N2O5S/c1-16-29(23(15-35-16)25(31)32)24(30)22(13-27(2,3)4)28-26(33)34-14-21-19-11-7-5-9-17(19)18-10-6-8-12-20(18)21/h5-12,16,21-23H,13-15H2,1-4H3,(H,28,33)(H,31,32). The van der Waals surface area contributed by atoms with Crippen LogP contribution in [-0.2, 0) is 14.3 Å². The fourth-order valence-electron chi connectivity index (χ4n) is 4.94. The number of fused-ring (bicyclic) bond motifs is 3. The molecule has 0 aromatic heterocycles. The van der Waals surface area contributed by atoms with Gasteiger partial charge in [0, 0.05) is 11.7 Å². The quantitative estimate of drug-likeness (QED) is 0.602. The largest absolute Gasteiger partial charge is 0.480 e. The molecule has 0 bridgehead atoms. The number of hydrogen-bond donors (Lipinski definition) is 2. The van der Waals surface area contributed by atoms with Crippen molar-refractivity contribution in [1.29, 1.82) is 0 Å². The third kappa shape index (κ3) is 5.32. The second kappa shape index (κ2) is 9.93. The monoisotopic (exact) mass is 496 g/mol. The summed E-state index contributed by atoms with van der Waals surface area (Å²) >= 11 is 1.42. The third-order valence-corrected chi connectivity index (χ3v) is 7.73. The first-order valence-corrected chi connectivity index (χ1v) is 12.9. The molecule has 186 valence electrons. The number of rotatable bonds is 6. The Labute approximate surface area is 210 Å². The van der Waals surface area contributed by atoms with Crippen LogP contribution in [0.25, 0.3) is 11.1 Å². The van der Waals surface area contributed by atoms with E-state index < -0.39 is 30.1 Å². The molecule has 2 aliphatic rings. The number of amides is 2. The minimum atomic E-state index is -1.04. The van der Waals surface area contributed by atoms with Crippen molar-refractivity contribution in [3.63, 3.8) is 0 Å². The van der Waals surface area contributed by atoms with Crippen molar-refractivity contribution in [2.75, 3.05) is 12.4 Å². The normalized spacial score (nSPS) is 20.2. The minimum Gasteiger partial charge on any atom is -0.480 e. The van der Waals surface area contributed by atoms with Gasteiger partial charge < -0.3 is 20.1 Å². The molecule has 2 aromatic carbocycles. The molecule has 2 N–H and O–H groups in total. The molecule has 2 amide bonds. The number of benzene rings is 2. The Morgan fingerprint density at radius 1 is 1.09 bits per heavy atom. The lowest BCUT2D eigenvalue weighted by Crippen LogP contribution is -2.55. The van der Waals surface area contributed by atoms with Crippen LogP contribution >= 0.6 is 11.8 Å². The average molecular weight is 497 g/mol. The van der Waals surface area contributed by atoms with E-state index in [0.717, 1.165) is 22.3 Å². The fraction of sp³-hybridized carbons (Fsp3) is 0.444. The molecule has 35 heavy (non-hydrogen) atoms. The van der Waals surface area contributed by atoms with Gasteiger partial charge in [0.15, 0.2) is 0 Å². The van der Waals surface area contributed by atoms with Gasteiger partial charge in [0.1, 0.15) is 18.7 Å². The summed E-state index contributed by atoms with van der Waals surface area (Å²) in [5, 5.41) is 12.1. The van der Waals surface area contributed by atoms with E-state index in [0.29, 0.717) is 12.2 Å². The van der Waals surface area contributed by atoms with Crippen LogP contribution in [0.3, 0.4) is 0 Å². The summed E-state index contributed by atoms with van der Waals surface area (Å²) in [6.45, 7) is 7.88. The first-order chi connectivity index (χ1) is 16.6. The fourth-order valence-corrected chi connectivity index (χ4v) is 6.12. The highest BCUT2D eigenvalue weighted by Gasteiger charge is 2.43. The maximum Gasteiger partial charge on any atom is 0.407 e. The molecule has 3 atom stereocenters. The predicted molar refractivity (Wildman–Crippen MR) is 136 cm³/mol. The maximum absolute atomic E-state index is 13.5. The summed E-state index contributed by atoms with van der Waals surface area (Å²) < 4.78 is 5.66. The van der Waals surface area contributed by atoms with Gasteiger partial charge in [-0.05, 0) is 41.0 Å². The summed E-state index contributed by atoms with van der Waals surface area (Å²) in [7, 11) is 0. The molecule has 2 aromatic rings. The van der Waals surface area contributed by atoms with Crippen LogP contribution in [0.5, 0.6) is 0 Å². The van der Waals surface area contributed by atoms with Gasteiger partial charge in [-0.15, -0.1) is 11.8 Å². The van der Waals surface area contributed by atoms with Crippen LogP contribution in [0.1, 0.15) is 51.2 Å². The predicted octanol–water partition coefficient (Wildman–Crippen LogP) is 4.70. The highest BCUT2D eigenvalue weighted by molar-refractivity contribution is 8.00. The van der Waals surface area contributed by atoms with Crippen molar-refractivity contribution < 1.29 is 24.2 Å². The van der Waals surface area contributed by atoms with Crippen molar-refractivity contribution in [3.05, 3.63) is 59.7 Å². The molecule has 1 fully saturated rings. The lowest BCUT2D eigenvalue weighted by molar-refractivity contribution is -0.150. The van der Waals surface area contributed by atoms with Crippen LogP contribution in [0.2, 0.25) is 0 Å². The molecule has 4 rings (SSSR count). The number of carbonyl (C=O) groups excluding carboxylic acids is 2. The van der Waals surface area contributed by atoms with Crippen molar-refractivity contribution in [1.82, 2.24) is 10.2 Å². The Morgan fingerprint density at radius 2 is 1.66 bits per heavy atom. The van der Waals surface area contributed by atoms with Crippen LogP contribution in [0, 0.1) is 5.41 Å². The number of thioether (sulfide) groups is 1. The van der Waals surface area contributed by atoms with Gasteiger partial charge in [0.05, 0.1) is 5.37 Å². The van der Waals surface area contributed by atoms with Crippen molar-refractivity contribution in [2.24, 2.45) is 5.41 Å². The van der Waals surface area contributed by atoms with Crippen LogP contribution in [0.15, 0.2) is 48.5 Å². The molecule has 3 unspecified atom stereocenters. The number of aliphatic carboxylic acids is 1. The number of nitrogens with one attached hydrogen (secondary N) is 1. The van der Waals surface area contributed by atoms with Gasteiger partial charge in [-0.2, -0.15) is 0 Å². The van der Waals surface area contributed by atoms with E-state index >= 15 is 0 Å². The second-order valence-electron chi connectivity index (χ2n) is 10.3. The highest BCUT2D eigenvalue weighted by Crippen LogP contribution is 2.44. The summed E-state index contributed by atoms with van der Waals surface area (Å²) in [6.07, 6.45) is -0.322. The summed E-state index contributed by atoms with van der Waals surface area (Å²) in [4.78, 5) is 39.5. The number of carboxylic acid groups (broad SMARTS) is 1. The first-order valence-electron chi connectivity index (χ1n) is 11.8. The van der Waals surface area contributed by atoms with Crippen molar-refractivity contribution >= 4 is 29.7 Å². The number of hydrogen-bond acceptors (Lipinski definition) is 5. The average Bonchev–Trinajstić information content (AvgIpc) is 3.34. The molecule has 0 spiro atoms. The van der Waals surface area contributed by atoms with Crippen LogP contribution in [0.4, 0.5) is 4.79 Å². The topological polar surface area (TPSA) is 95.9 Å². The van der Waals surface area contributed by atoms with Gasteiger partial charge in [0.2, 0.25) is 5.91 Å². The van der Waals surface area contributed by atoms with E-state index in [9.17, 15) is 19.5 Å². The lowest BCUT2D eigenvalue weighted by Gasteiger charge is -2.32. The van der Waals surface area contributed by atoms with E-state index in [1.807, 2.05) is 64.1 Å². The zero-order valence-electron chi connectivity index (χ0n) is 20.5. The molecule has 0 saturated carbocycles. The molecule has 1 aliphatic carbocycles. The zero-order valence-corrected chi connectivity index (χ0v) is 21.3. The Morgan fingerprint density at radius 3 is 2.20 bits per heavy atom. The summed E-state index contributed by atoms with van der Waals surface area (Å²) in [5.74, 6) is -1.18. The van der Waals surface area contributed by atoms with Gasteiger partial charge in [-0.1, -0.05) is 69.3 Å². The lowest BCUT2D eigenvalue weighted by atomic mass is 9.87. The van der Waals surface area contributed by atoms with E-state index in [1.165, 1.54) is 16.7 Å². The van der Waals surface area contributed by atoms with E-state index in [-0.39, 0.29) is 23.3 Å². The van der Waals surface area contributed by atoms with Crippen LogP contribution in [-0.4, -0.2) is 57.8 Å². The third-order valence-electron chi connectivity index (χ3n) is 6.51. The first kappa shape index (κ1) is 25.1. The van der Waals surface area contributed by atoms with Gasteiger partial charge in [0.25, 0.3) is 0 Å². The van der Waals surface area contributed by atoms with Gasteiger partial charge in [-0.25, -0.2) is 9.59 Å². The minimum absolute atomic E-state index is 0.0867. The molecule has 1 aliphatic heterocycles. The van der Waals surface area contributed by atoms with E-state index in [2.05, 4.69) is 17.4 Å².